The molecule has 8 aromatic carbocycles. The van der Waals surface area contributed by atoms with Gasteiger partial charge in [-0.3, -0.25) is 0 Å². The van der Waals surface area contributed by atoms with E-state index >= 15 is 8.42 Å². The Morgan fingerprint density at radius 2 is 0.500 bits per heavy atom. The lowest BCUT2D eigenvalue weighted by molar-refractivity contribution is 0.286. The van der Waals surface area contributed by atoms with Crippen molar-refractivity contribution < 1.29 is 27.4 Å². The summed E-state index contributed by atoms with van der Waals surface area (Å²) in [6.07, 6.45) is 0. The number of hydrogen-bond donors (Lipinski definition) is 0. The van der Waals surface area contributed by atoms with Crippen LogP contribution >= 0.6 is 23.5 Å². The van der Waals surface area contributed by atoms with E-state index in [2.05, 4.69) is 132 Å². The quantitative estimate of drug-likeness (QED) is 0.120. The largest absolute Gasteiger partial charge is 0.486 e. The van der Waals surface area contributed by atoms with Crippen LogP contribution in [0, 0.1) is 0 Å². The lowest BCUT2D eigenvalue weighted by atomic mass is 9.87. The Balaban J connectivity index is 1.43. The van der Waals surface area contributed by atoms with Crippen molar-refractivity contribution in [2.24, 2.45) is 0 Å². The van der Waals surface area contributed by atoms with Crippen LogP contribution in [0.1, 0.15) is 128 Å². The van der Waals surface area contributed by atoms with E-state index in [0.29, 0.717) is 42.6 Å². The van der Waals surface area contributed by atoms with Gasteiger partial charge < -0.3 is 18.9 Å². The van der Waals surface area contributed by atoms with E-state index in [-0.39, 0.29) is 48.1 Å². The van der Waals surface area contributed by atoms with Crippen molar-refractivity contribution in [1.29, 1.82) is 0 Å². The lowest BCUT2D eigenvalue weighted by Crippen LogP contribution is -2.16. The van der Waals surface area contributed by atoms with Gasteiger partial charge in [-0.2, -0.15) is 0 Å². The summed E-state index contributed by atoms with van der Waals surface area (Å²) in [4.78, 5) is 5.07. The van der Waals surface area contributed by atoms with E-state index in [1.807, 2.05) is 121 Å². The molecule has 0 saturated carbocycles. The van der Waals surface area contributed by atoms with Crippen molar-refractivity contribution in [3.05, 3.63) is 214 Å². The maximum absolute atomic E-state index is 16.7. The first kappa shape index (κ1) is 56.7. The average molecular weight is 1110 g/mol. The van der Waals surface area contributed by atoms with E-state index in [1.165, 1.54) is 23.5 Å². The van der Waals surface area contributed by atoms with Gasteiger partial charge in [-0.1, -0.05) is 228 Å². The van der Waals surface area contributed by atoms with Crippen LogP contribution in [0.15, 0.2) is 209 Å². The molecule has 10 heteroatoms. The third-order valence-corrected chi connectivity index (χ3v) is 18.6. The summed E-state index contributed by atoms with van der Waals surface area (Å²) < 4.78 is 61.8. The molecule has 1 aliphatic heterocycles. The first-order valence-electron chi connectivity index (χ1n) is 26.6. The van der Waals surface area contributed by atoms with Crippen LogP contribution in [0.4, 0.5) is 0 Å². The summed E-state index contributed by atoms with van der Waals surface area (Å²) in [6, 6.07) is 57.2. The normalized spacial score (nSPS) is 14.9. The summed E-state index contributed by atoms with van der Waals surface area (Å²) in [5, 5.41) is 0. The molecule has 78 heavy (non-hydrogen) atoms. The first-order chi connectivity index (χ1) is 37.0. The van der Waals surface area contributed by atoms with Crippen molar-refractivity contribution in [2.45, 2.75) is 170 Å². The van der Waals surface area contributed by atoms with Crippen molar-refractivity contribution >= 4 is 45.1 Å². The number of hydrogen-bond acceptors (Lipinski definition) is 8. The van der Waals surface area contributed by atoms with Gasteiger partial charge in [-0.25, -0.2) is 8.42 Å². The molecule has 0 atom stereocenters. The van der Waals surface area contributed by atoms with Crippen LogP contribution < -0.4 is 18.9 Å². The zero-order valence-corrected chi connectivity index (χ0v) is 50.3. The molecule has 0 unspecified atom stereocenters. The molecule has 8 bridgehead atoms. The molecule has 0 fully saturated rings. The minimum Gasteiger partial charge on any atom is -0.486 e. The molecule has 1 aliphatic rings. The van der Waals surface area contributed by atoms with Gasteiger partial charge in [0.1, 0.15) is 49.4 Å². The van der Waals surface area contributed by atoms with Gasteiger partial charge in [-0.15, -0.1) is 0 Å². The molecular weight excluding hydrogens is 1040 g/mol. The van der Waals surface area contributed by atoms with E-state index in [9.17, 15) is 0 Å². The zero-order valence-electron chi connectivity index (χ0n) is 47.1. The maximum atomic E-state index is 16.7. The van der Waals surface area contributed by atoms with Crippen LogP contribution in [0.5, 0.6) is 23.0 Å². The van der Waals surface area contributed by atoms with Crippen LogP contribution in [-0.2, 0) is 69.7 Å². The molecule has 0 spiro atoms. The molecule has 8 aromatic rings. The standard InChI is InChI=1S/C68H72O6S4/c1-65(2,3)49-33-53-61(71-41-45-25-17-13-18-26-45)57(37-49)77(69)58-38-51(67(7,8)9)35-55(63(58)73-43-47-29-21-15-22-30-47)76-56-36-52(68(10,11)12)40-60(64(56)74-44-48-31-23-16-24-32-48)78(70)59-39-50(66(4,5)6)34-54(75-53)62(59)72-42-46-27-19-14-20-28-46/h13-40H,41-44H2,1-12H3. The third-order valence-electron chi connectivity index (χ3n) is 13.7. The predicted octanol–water partition coefficient (Wildman–Crippen LogP) is 18.1. The van der Waals surface area contributed by atoms with Gasteiger partial charge in [0.2, 0.25) is 0 Å². The summed E-state index contributed by atoms with van der Waals surface area (Å²) in [5.74, 6) is 1.95. The van der Waals surface area contributed by atoms with Crippen LogP contribution in [0.3, 0.4) is 0 Å². The van der Waals surface area contributed by atoms with Gasteiger partial charge in [0.15, 0.2) is 0 Å². The van der Waals surface area contributed by atoms with Crippen molar-refractivity contribution in [1.82, 2.24) is 0 Å². The van der Waals surface area contributed by atoms with Gasteiger partial charge >= 0.3 is 0 Å². The number of benzene rings is 8. The Bertz CT molecular complexity index is 3000. The Labute approximate surface area is 477 Å². The highest BCUT2D eigenvalue weighted by Crippen LogP contribution is 2.53. The Hall–Kier alpha value is -6.04. The van der Waals surface area contributed by atoms with Crippen LogP contribution in [-0.4, -0.2) is 8.42 Å². The highest BCUT2D eigenvalue weighted by Gasteiger charge is 2.34. The molecule has 0 N–H and O–H groups in total. The van der Waals surface area contributed by atoms with E-state index < -0.39 is 21.6 Å². The molecule has 0 aromatic heterocycles. The summed E-state index contributed by atoms with van der Waals surface area (Å²) >= 11 is 2.99. The summed E-state index contributed by atoms with van der Waals surface area (Å²) in [5.41, 5.74) is 6.22. The van der Waals surface area contributed by atoms with Gasteiger partial charge in [-0.05, 0) is 115 Å². The predicted molar refractivity (Wildman–Crippen MR) is 321 cm³/mol. The summed E-state index contributed by atoms with van der Waals surface area (Å²) in [7, 11) is -3.81. The van der Waals surface area contributed by atoms with Gasteiger partial charge in [0, 0.05) is 0 Å². The summed E-state index contributed by atoms with van der Waals surface area (Å²) in [6.45, 7) is 27.0. The van der Waals surface area contributed by atoms with Gasteiger partial charge in [0.25, 0.3) is 0 Å². The van der Waals surface area contributed by atoms with E-state index in [1.54, 1.807) is 0 Å². The van der Waals surface area contributed by atoms with Crippen LogP contribution in [0.2, 0.25) is 0 Å². The fourth-order valence-corrected chi connectivity index (χ4v) is 14.1. The smallest absolute Gasteiger partial charge is 0.150 e. The molecule has 0 amide bonds. The van der Waals surface area contributed by atoms with Gasteiger partial charge in [0.05, 0.1) is 60.8 Å². The molecule has 0 aliphatic carbocycles. The zero-order chi connectivity index (χ0) is 55.6. The lowest BCUT2D eigenvalue weighted by Gasteiger charge is -2.28. The van der Waals surface area contributed by atoms with E-state index in [4.69, 9.17) is 18.9 Å². The monoisotopic (exact) mass is 1110 g/mol. The SMILES string of the molecule is CC(C)(C)c1cc2c(OCc3ccccc3)c(c1)S(=O)c1cc(C(C)(C)C)cc(c1OCc1ccccc1)Sc1cc(C(C)(C)C)cc(c1OCc1ccccc1)S(=O)c1cc(C(C)(C)C)cc(c1OCc1ccccc1)S2. The second kappa shape index (κ2) is 23.3. The second-order valence-corrected chi connectivity index (χ2v) is 29.0. The van der Waals surface area contributed by atoms with Crippen molar-refractivity contribution in [3.63, 3.8) is 0 Å². The van der Waals surface area contributed by atoms with Crippen LogP contribution in [0.25, 0.3) is 0 Å². The molecule has 404 valence electrons. The highest BCUT2D eigenvalue weighted by molar-refractivity contribution is 8.00. The molecule has 6 nitrogen and oxygen atoms in total. The average Bonchev–Trinajstić information content (AvgIpc) is 3.46. The maximum Gasteiger partial charge on any atom is 0.150 e. The fourth-order valence-electron chi connectivity index (χ4n) is 8.85. The second-order valence-electron chi connectivity index (χ2n) is 24.0. The van der Waals surface area contributed by atoms with E-state index in [0.717, 1.165) is 64.1 Å². The van der Waals surface area contributed by atoms with Crippen molar-refractivity contribution in [3.8, 4) is 23.0 Å². The molecule has 1 heterocycles. The third kappa shape index (κ3) is 13.3. The Morgan fingerprint density at radius 3 is 0.679 bits per heavy atom. The first-order valence-corrected chi connectivity index (χ1v) is 30.5. The molecular formula is C68H72O6S4. The molecule has 9 rings (SSSR count). The topological polar surface area (TPSA) is 71.1 Å². The van der Waals surface area contributed by atoms with Crippen molar-refractivity contribution in [2.75, 3.05) is 0 Å². The Kier molecular flexibility index (Phi) is 17.0. The highest BCUT2D eigenvalue weighted by atomic mass is 32.2. The number of rotatable bonds is 12. The molecule has 0 saturated heterocycles. The number of ether oxygens (including phenoxy) is 4. The minimum atomic E-state index is -1.90. The molecule has 0 radical (unpaired) electrons. The Morgan fingerprint density at radius 1 is 0.308 bits per heavy atom. The number of fused-ring (bicyclic) bond motifs is 8. The minimum absolute atomic E-state index is 0.221. The fraction of sp³-hybridized carbons (Fsp3) is 0.294.